The summed E-state index contributed by atoms with van der Waals surface area (Å²) in [5, 5.41) is 5.83. The number of nitrogens with one attached hydrogen (secondary N) is 2. The Balaban J connectivity index is 1.68. The normalized spacial score (nSPS) is 11.4. The molecule has 0 aliphatic carbocycles. The molecule has 3 aromatic rings. The lowest BCUT2D eigenvalue weighted by atomic mass is 10.1. The number of benzene rings is 3. The number of hydrogen-bond acceptors (Lipinski definition) is 4. The number of hydrogen-bond donors (Lipinski definition) is 2. The summed E-state index contributed by atoms with van der Waals surface area (Å²) in [6, 6.07) is 23.4. The van der Waals surface area contributed by atoms with E-state index in [-0.39, 0.29) is 17.9 Å². The van der Waals surface area contributed by atoms with Crippen LogP contribution >= 0.6 is 0 Å². The Hall–Kier alpha value is -3.64. The zero-order chi connectivity index (χ0) is 22.8. The molecule has 1 atom stereocenters. The fraction of sp³-hybridized carbons (Fsp3) is 0.231. The molecule has 0 saturated carbocycles. The molecule has 3 aromatic carbocycles. The Kier molecular flexibility index (Phi) is 8.40. The maximum Gasteiger partial charge on any atom is 0.255 e. The lowest BCUT2D eigenvalue weighted by Gasteiger charge is -2.16. The standard InChI is InChI=1S/C26H28N2O4/c1-3-31-16-17-32-22-13-9-12-21(18-22)25(29)28-24-15-8-7-14-23(24)26(30)27-19(2)20-10-5-4-6-11-20/h4-15,18-19H,3,16-17H2,1-2H3,(H,27,30)(H,28,29). The molecule has 0 radical (unpaired) electrons. The van der Waals surface area contributed by atoms with Gasteiger partial charge in [-0.3, -0.25) is 9.59 Å². The maximum absolute atomic E-state index is 12.9. The van der Waals surface area contributed by atoms with Crippen LogP contribution in [0.5, 0.6) is 5.75 Å². The van der Waals surface area contributed by atoms with Crippen molar-refractivity contribution >= 4 is 17.5 Å². The second-order valence-corrected chi connectivity index (χ2v) is 7.18. The number of amides is 2. The summed E-state index contributed by atoms with van der Waals surface area (Å²) in [7, 11) is 0. The summed E-state index contributed by atoms with van der Waals surface area (Å²) in [5.74, 6) is 0.00180. The van der Waals surface area contributed by atoms with Gasteiger partial charge in [0.2, 0.25) is 0 Å². The Morgan fingerprint density at radius 3 is 2.41 bits per heavy atom. The van der Waals surface area contributed by atoms with E-state index in [4.69, 9.17) is 9.47 Å². The van der Waals surface area contributed by atoms with Crippen molar-refractivity contribution in [2.24, 2.45) is 0 Å². The molecule has 166 valence electrons. The third-order valence-electron chi connectivity index (χ3n) is 4.86. The van der Waals surface area contributed by atoms with E-state index < -0.39 is 0 Å². The molecule has 0 aliphatic heterocycles. The van der Waals surface area contributed by atoms with Crippen LogP contribution in [0.15, 0.2) is 78.9 Å². The summed E-state index contributed by atoms with van der Waals surface area (Å²) in [6.45, 7) is 5.36. The largest absolute Gasteiger partial charge is 0.491 e. The smallest absolute Gasteiger partial charge is 0.255 e. The molecule has 2 amide bonds. The van der Waals surface area contributed by atoms with Crippen molar-refractivity contribution in [3.8, 4) is 5.75 Å². The molecule has 0 aliphatic rings. The van der Waals surface area contributed by atoms with Crippen molar-refractivity contribution in [2.75, 3.05) is 25.1 Å². The average Bonchev–Trinajstić information content (AvgIpc) is 2.83. The minimum absolute atomic E-state index is 0.169. The average molecular weight is 433 g/mol. The van der Waals surface area contributed by atoms with Crippen LogP contribution in [0.2, 0.25) is 0 Å². The van der Waals surface area contributed by atoms with E-state index in [1.54, 1.807) is 48.5 Å². The topological polar surface area (TPSA) is 76.7 Å². The van der Waals surface area contributed by atoms with E-state index in [2.05, 4.69) is 10.6 Å². The minimum Gasteiger partial charge on any atom is -0.491 e. The van der Waals surface area contributed by atoms with Crippen LogP contribution in [0.4, 0.5) is 5.69 Å². The Bertz CT molecular complexity index is 1040. The van der Waals surface area contributed by atoms with Crippen LogP contribution in [0.1, 0.15) is 46.2 Å². The molecule has 2 N–H and O–H groups in total. The summed E-state index contributed by atoms with van der Waals surface area (Å²) >= 11 is 0. The van der Waals surface area contributed by atoms with E-state index in [0.717, 1.165) is 5.56 Å². The first kappa shape index (κ1) is 23.0. The van der Waals surface area contributed by atoms with Crippen LogP contribution in [0.3, 0.4) is 0 Å². The van der Waals surface area contributed by atoms with Crippen molar-refractivity contribution in [1.29, 1.82) is 0 Å². The highest BCUT2D eigenvalue weighted by molar-refractivity contribution is 6.09. The number of para-hydroxylation sites is 1. The second kappa shape index (κ2) is 11.7. The highest BCUT2D eigenvalue weighted by atomic mass is 16.5. The molecule has 0 spiro atoms. The van der Waals surface area contributed by atoms with Gasteiger partial charge in [0.1, 0.15) is 12.4 Å². The van der Waals surface area contributed by atoms with Gasteiger partial charge in [-0.15, -0.1) is 0 Å². The number of carbonyl (C=O) groups is 2. The number of anilines is 1. The van der Waals surface area contributed by atoms with E-state index in [1.165, 1.54) is 0 Å². The van der Waals surface area contributed by atoms with Gasteiger partial charge in [-0.25, -0.2) is 0 Å². The SMILES string of the molecule is CCOCCOc1cccc(C(=O)Nc2ccccc2C(=O)NC(C)c2ccccc2)c1. The molecule has 0 heterocycles. The summed E-state index contributed by atoms with van der Waals surface area (Å²) in [6.07, 6.45) is 0. The molecule has 0 bridgehead atoms. The molecule has 6 nitrogen and oxygen atoms in total. The molecule has 0 fully saturated rings. The van der Waals surface area contributed by atoms with Crippen molar-refractivity contribution in [2.45, 2.75) is 19.9 Å². The Morgan fingerprint density at radius 1 is 0.875 bits per heavy atom. The van der Waals surface area contributed by atoms with E-state index in [1.807, 2.05) is 44.2 Å². The highest BCUT2D eigenvalue weighted by Gasteiger charge is 2.17. The van der Waals surface area contributed by atoms with Crippen LogP contribution in [0.25, 0.3) is 0 Å². The second-order valence-electron chi connectivity index (χ2n) is 7.18. The van der Waals surface area contributed by atoms with Crippen LogP contribution < -0.4 is 15.4 Å². The number of carbonyl (C=O) groups excluding carboxylic acids is 2. The van der Waals surface area contributed by atoms with Crippen LogP contribution in [-0.4, -0.2) is 31.6 Å². The van der Waals surface area contributed by atoms with Gasteiger partial charge in [-0.1, -0.05) is 48.5 Å². The van der Waals surface area contributed by atoms with Crippen molar-refractivity contribution in [3.05, 3.63) is 95.6 Å². The third kappa shape index (κ3) is 6.43. The predicted octanol–water partition coefficient (Wildman–Crippen LogP) is 4.85. The van der Waals surface area contributed by atoms with Gasteiger partial charge in [0.05, 0.1) is 23.9 Å². The van der Waals surface area contributed by atoms with Gasteiger partial charge in [-0.05, 0) is 49.7 Å². The van der Waals surface area contributed by atoms with E-state index in [9.17, 15) is 9.59 Å². The molecule has 32 heavy (non-hydrogen) atoms. The van der Waals surface area contributed by atoms with Gasteiger partial charge in [-0.2, -0.15) is 0 Å². The van der Waals surface area contributed by atoms with Crippen molar-refractivity contribution < 1.29 is 19.1 Å². The van der Waals surface area contributed by atoms with Crippen LogP contribution in [0, 0.1) is 0 Å². The Morgan fingerprint density at radius 2 is 1.62 bits per heavy atom. The highest BCUT2D eigenvalue weighted by Crippen LogP contribution is 2.20. The van der Waals surface area contributed by atoms with Gasteiger partial charge in [0, 0.05) is 12.2 Å². The molecular weight excluding hydrogens is 404 g/mol. The van der Waals surface area contributed by atoms with Gasteiger partial charge in [0.25, 0.3) is 11.8 Å². The van der Waals surface area contributed by atoms with Crippen molar-refractivity contribution in [1.82, 2.24) is 5.32 Å². The number of rotatable bonds is 10. The quantitative estimate of drug-likeness (QED) is 0.449. The Labute approximate surface area is 188 Å². The van der Waals surface area contributed by atoms with Gasteiger partial charge >= 0.3 is 0 Å². The van der Waals surface area contributed by atoms with Crippen molar-refractivity contribution in [3.63, 3.8) is 0 Å². The summed E-state index contributed by atoms with van der Waals surface area (Å²) < 4.78 is 10.9. The molecular formula is C26H28N2O4. The zero-order valence-corrected chi connectivity index (χ0v) is 18.3. The zero-order valence-electron chi connectivity index (χ0n) is 18.3. The first-order chi connectivity index (χ1) is 15.6. The summed E-state index contributed by atoms with van der Waals surface area (Å²) in [4.78, 5) is 25.7. The molecule has 0 saturated heterocycles. The first-order valence-electron chi connectivity index (χ1n) is 10.6. The minimum atomic E-state index is -0.323. The molecule has 3 rings (SSSR count). The molecule has 1 unspecified atom stereocenters. The maximum atomic E-state index is 12.9. The molecule has 6 heteroatoms. The van der Waals surface area contributed by atoms with E-state index >= 15 is 0 Å². The summed E-state index contributed by atoms with van der Waals surface area (Å²) in [5.41, 5.74) is 2.28. The van der Waals surface area contributed by atoms with Crippen LogP contribution in [-0.2, 0) is 4.74 Å². The van der Waals surface area contributed by atoms with Gasteiger partial charge in [0.15, 0.2) is 0 Å². The first-order valence-corrected chi connectivity index (χ1v) is 10.6. The molecule has 0 aromatic heterocycles. The fourth-order valence-electron chi connectivity index (χ4n) is 3.17. The van der Waals surface area contributed by atoms with E-state index in [0.29, 0.717) is 42.4 Å². The number of ether oxygens (including phenoxy) is 2. The predicted molar refractivity (Wildman–Crippen MR) is 125 cm³/mol. The lowest BCUT2D eigenvalue weighted by molar-refractivity contribution is 0.0940. The van der Waals surface area contributed by atoms with Gasteiger partial charge < -0.3 is 20.1 Å². The monoisotopic (exact) mass is 432 g/mol. The lowest BCUT2D eigenvalue weighted by Crippen LogP contribution is -2.28. The third-order valence-corrected chi connectivity index (χ3v) is 4.86. The fourth-order valence-corrected chi connectivity index (χ4v) is 3.17.